The van der Waals surface area contributed by atoms with Crippen molar-refractivity contribution in [3.63, 3.8) is 0 Å². The number of nitrogens with zero attached hydrogens (tertiary/aromatic N) is 5. The number of unbranched alkanes of at least 4 members (excludes halogenated alkanes) is 1. The maximum Gasteiger partial charge on any atom is 0.266 e. The summed E-state index contributed by atoms with van der Waals surface area (Å²) >= 11 is 0. The van der Waals surface area contributed by atoms with Gasteiger partial charge >= 0.3 is 0 Å². The van der Waals surface area contributed by atoms with E-state index >= 15 is 0 Å². The van der Waals surface area contributed by atoms with E-state index < -0.39 is 29.9 Å². The molecule has 0 radical (unpaired) electrons. The zero-order chi connectivity index (χ0) is 23.3. The number of aromatic nitrogens is 4. The van der Waals surface area contributed by atoms with Crippen molar-refractivity contribution in [1.82, 2.24) is 35.2 Å². The van der Waals surface area contributed by atoms with E-state index in [1.54, 1.807) is 5.48 Å². The summed E-state index contributed by atoms with van der Waals surface area (Å²) in [7, 11) is 0. The van der Waals surface area contributed by atoms with Crippen LogP contribution in [0.1, 0.15) is 25.7 Å². The Morgan fingerprint density at radius 3 is 2.75 bits per heavy atom. The number of hydroxylamine groups is 1. The minimum absolute atomic E-state index is 0.0853. The zero-order valence-electron chi connectivity index (χ0n) is 17.5. The SMILES string of the molecule is NCCCC[C@H](N)C(=O)N[C@H]1C[C@@H](C(=O)NO)N(C(=O)Cn2cnc3c(N)ncnc32)C1. The number of carbonyl (C=O) groups is 3. The fraction of sp³-hybridized carbons (Fsp3) is 0.556. The molecule has 1 saturated heterocycles. The van der Waals surface area contributed by atoms with E-state index in [0.717, 1.165) is 12.8 Å². The topological polar surface area (TPSA) is 220 Å². The Bertz CT molecular complexity index is 980. The lowest BCUT2D eigenvalue weighted by atomic mass is 10.1. The van der Waals surface area contributed by atoms with Crippen molar-refractivity contribution in [1.29, 1.82) is 0 Å². The summed E-state index contributed by atoms with van der Waals surface area (Å²) in [6, 6.07) is -2.16. The number of hydrogen-bond donors (Lipinski definition) is 6. The van der Waals surface area contributed by atoms with Crippen molar-refractivity contribution in [2.75, 3.05) is 18.8 Å². The number of nitrogen functional groups attached to an aromatic ring is 1. The fourth-order valence-corrected chi connectivity index (χ4v) is 3.74. The minimum Gasteiger partial charge on any atom is -0.382 e. The van der Waals surface area contributed by atoms with Crippen molar-refractivity contribution in [3.05, 3.63) is 12.7 Å². The van der Waals surface area contributed by atoms with Crippen LogP contribution in [-0.4, -0.2) is 78.6 Å². The van der Waals surface area contributed by atoms with E-state index in [0.29, 0.717) is 24.1 Å². The number of imidazole rings is 1. The smallest absolute Gasteiger partial charge is 0.266 e. The number of nitrogens with two attached hydrogens (primary N) is 3. The second-order valence-corrected chi connectivity index (χ2v) is 7.67. The first-order chi connectivity index (χ1) is 15.3. The number of hydrogen-bond acceptors (Lipinski definition) is 10. The molecule has 2 aromatic rings. The Hall–Kier alpha value is -3.36. The molecule has 3 rings (SSSR count). The highest BCUT2D eigenvalue weighted by molar-refractivity contribution is 5.89. The molecule has 3 heterocycles. The van der Waals surface area contributed by atoms with Gasteiger partial charge in [-0.15, -0.1) is 0 Å². The first-order valence-electron chi connectivity index (χ1n) is 10.3. The van der Waals surface area contributed by atoms with E-state index in [1.165, 1.54) is 22.1 Å². The maximum absolute atomic E-state index is 13.0. The molecule has 1 aliphatic heterocycles. The summed E-state index contributed by atoms with van der Waals surface area (Å²) < 4.78 is 1.49. The number of nitrogens with one attached hydrogen (secondary N) is 2. The second-order valence-electron chi connectivity index (χ2n) is 7.67. The Balaban J connectivity index is 1.68. The summed E-state index contributed by atoms with van der Waals surface area (Å²) in [5.74, 6) is -1.34. The summed E-state index contributed by atoms with van der Waals surface area (Å²) in [6.07, 6.45) is 4.79. The van der Waals surface area contributed by atoms with Gasteiger partial charge in [0.1, 0.15) is 24.4 Å². The Morgan fingerprint density at radius 2 is 2.03 bits per heavy atom. The number of rotatable bonds is 9. The van der Waals surface area contributed by atoms with Gasteiger partial charge in [0.05, 0.1) is 12.4 Å². The molecule has 32 heavy (non-hydrogen) atoms. The monoisotopic (exact) mass is 448 g/mol. The third-order valence-corrected chi connectivity index (χ3v) is 5.42. The lowest BCUT2D eigenvalue weighted by molar-refractivity contribution is -0.142. The predicted molar refractivity (Wildman–Crippen MR) is 113 cm³/mol. The van der Waals surface area contributed by atoms with Crippen LogP contribution in [0.4, 0.5) is 5.82 Å². The Morgan fingerprint density at radius 1 is 1.25 bits per heavy atom. The zero-order valence-corrected chi connectivity index (χ0v) is 17.5. The van der Waals surface area contributed by atoms with Crippen LogP contribution in [0.25, 0.3) is 11.2 Å². The molecule has 2 aromatic heterocycles. The van der Waals surface area contributed by atoms with Crippen molar-refractivity contribution in [2.45, 2.75) is 50.4 Å². The number of likely N-dealkylation sites (tertiary alicyclic amines) is 1. The summed E-state index contributed by atoms with van der Waals surface area (Å²) in [5, 5.41) is 11.9. The van der Waals surface area contributed by atoms with E-state index in [4.69, 9.17) is 22.4 Å². The molecule has 1 aliphatic rings. The van der Waals surface area contributed by atoms with Crippen LogP contribution >= 0.6 is 0 Å². The van der Waals surface area contributed by atoms with Gasteiger partial charge in [-0.2, -0.15) is 0 Å². The van der Waals surface area contributed by atoms with Crippen LogP contribution in [0, 0.1) is 0 Å². The van der Waals surface area contributed by atoms with Crippen LogP contribution in [0.3, 0.4) is 0 Å². The lowest BCUT2D eigenvalue weighted by Gasteiger charge is -2.23. The number of carbonyl (C=O) groups excluding carboxylic acids is 3. The molecule has 0 spiro atoms. The number of anilines is 1. The Labute approximate surface area is 183 Å². The largest absolute Gasteiger partial charge is 0.382 e. The summed E-state index contributed by atoms with van der Waals surface area (Å²) in [6.45, 7) is 0.445. The third kappa shape index (κ3) is 5.09. The molecule has 3 amide bonds. The van der Waals surface area contributed by atoms with Crippen molar-refractivity contribution >= 4 is 34.7 Å². The van der Waals surface area contributed by atoms with Crippen LogP contribution in [0.2, 0.25) is 0 Å². The molecule has 1 fully saturated rings. The highest BCUT2D eigenvalue weighted by atomic mass is 16.5. The second kappa shape index (κ2) is 10.3. The van der Waals surface area contributed by atoms with Crippen LogP contribution in [0.5, 0.6) is 0 Å². The molecule has 0 aliphatic carbocycles. The predicted octanol–water partition coefficient (Wildman–Crippen LogP) is -2.54. The first kappa shape index (κ1) is 23.3. The molecule has 3 atom stereocenters. The first-order valence-corrected chi connectivity index (χ1v) is 10.3. The van der Waals surface area contributed by atoms with Gasteiger partial charge in [-0.05, 0) is 25.8 Å². The molecule has 14 heteroatoms. The van der Waals surface area contributed by atoms with Crippen LogP contribution in [-0.2, 0) is 20.9 Å². The fourth-order valence-electron chi connectivity index (χ4n) is 3.74. The van der Waals surface area contributed by atoms with Gasteiger partial charge in [0.25, 0.3) is 5.91 Å². The van der Waals surface area contributed by atoms with Gasteiger partial charge in [-0.3, -0.25) is 19.6 Å². The van der Waals surface area contributed by atoms with Crippen molar-refractivity contribution in [2.24, 2.45) is 11.5 Å². The van der Waals surface area contributed by atoms with Gasteiger partial charge in [-0.25, -0.2) is 20.4 Å². The van der Waals surface area contributed by atoms with Crippen molar-refractivity contribution < 1.29 is 19.6 Å². The quantitative estimate of drug-likeness (QED) is 0.134. The summed E-state index contributed by atoms with van der Waals surface area (Å²) in [5.41, 5.74) is 19.5. The average Bonchev–Trinajstić information content (AvgIpc) is 3.38. The van der Waals surface area contributed by atoms with Gasteiger partial charge in [0.15, 0.2) is 11.5 Å². The van der Waals surface area contributed by atoms with Gasteiger partial charge < -0.3 is 32.0 Å². The van der Waals surface area contributed by atoms with Crippen molar-refractivity contribution in [3.8, 4) is 0 Å². The Kier molecular flexibility index (Phi) is 7.50. The molecular weight excluding hydrogens is 420 g/mol. The standard InChI is InChI=1S/C18H28N10O4/c19-4-2-1-3-11(20)17(30)25-10-5-12(18(31)26-32)28(6-10)13(29)7-27-9-24-14-15(21)22-8-23-16(14)27/h8-12,32H,1-7,19-20H2,(H,25,30)(H,26,31)(H2,21,22,23)/t10-,11-,12-/m0/s1. The van der Waals surface area contributed by atoms with E-state index in [-0.39, 0.29) is 31.2 Å². The molecule has 14 nitrogen and oxygen atoms in total. The number of amides is 3. The van der Waals surface area contributed by atoms with Gasteiger partial charge in [-0.1, -0.05) is 6.42 Å². The highest BCUT2D eigenvalue weighted by Crippen LogP contribution is 2.21. The van der Waals surface area contributed by atoms with E-state index in [1.807, 2.05) is 0 Å². The molecule has 0 unspecified atom stereocenters. The summed E-state index contributed by atoms with van der Waals surface area (Å²) in [4.78, 5) is 50.9. The van der Waals surface area contributed by atoms with Crippen LogP contribution in [0.15, 0.2) is 12.7 Å². The van der Waals surface area contributed by atoms with Gasteiger partial charge in [0, 0.05) is 12.6 Å². The van der Waals surface area contributed by atoms with Crippen LogP contribution < -0.4 is 28.0 Å². The van der Waals surface area contributed by atoms with Gasteiger partial charge in [0.2, 0.25) is 11.8 Å². The minimum atomic E-state index is -0.958. The average molecular weight is 448 g/mol. The highest BCUT2D eigenvalue weighted by Gasteiger charge is 2.40. The number of fused-ring (bicyclic) bond motifs is 1. The molecule has 9 N–H and O–H groups in total. The third-order valence-electron chi connectivity index (χ3n) is 5.42. The molecule has 0 aromatic carbocycles. The molecular formula is C18H28N10O4. The molecule has 0 bridgehead atoms. The lowest BCUT2D eigenvalue weighted by Crippen LogP contribution is -2.47. The molecule has 0 saturated carbocycles. The normalized spacial score (nSPS) is 19.2. The van der Waals surface area contributed by atoms with E-state index in [9.17, 15) is 14.4 Å². The molecule has 174 valence electrons. The van der Waals surface area contributed by atoms with E-state index in [2.05, 4.69) is 20.3 Å². The maximum atomic E-state index is 13.0.